The van der Waals surface area contributed by atoms with Crippen LogP contribution in [0.15, 0.2) is 0 Å². The van der Waals surface area contributed by atoms with Crippen molar-refractivity contribution < 1.29 is 0 Å². The summed E-state index contributed by atoms with van der Waals surface area (Å²) in [6.45, 7) is 0. The second-order valence-corrected chi connectivity index (χ2v) is 3.37. The molecule has 0 amide bonds. The van der Waals surface area contributed by atoms with E-state index < -0.39 is 0 Å². The van der Waals surface area contributed by atoms with E-state index in [9.17, 15) is 0 Å². The Morgan fingerprint density at radius 3 is 2.67 bits per heavy atom. The van der Waals surface area contributed by atoms with E-state index in [2.05, 4.69) is 4.98 Å². The molecule has 0 aromatic carbocycles. The van der Waals surface area contributed by atoms with Crippen LogP contribution < -0.4 is 11.5 Å². The highest BCUT2D eigenvalue weighted by atomic mass is 35.5. The summed E-state index contributed by atoms with van der Waals surface area (Å²) in [6, 6.07) is 0. The molecule has 0 bridgehead atoms. The number of hydrogen-bond acceptors (Lipinski definition) is 3. The lowest BCUT2D eigenvalue weighted by Gasteiger charge is -2.07. The smallest absolute Gasteiger partial charge is 0.154 e. The average molecular weight is 184 g/mol. The summed E-state index contributed by atoms with van der Waals surface area (Å²) in [5, 5.41) is 0.341. The summed E-state index contributed by atoms with van der Waals surface area (Å²) in [5.74, 6) is 0. The maximum Gasteiger partial charge on any atom is 0.154 e. The van der Waals surface area contributed by atoms with Gasteiger partial charge in [-0.3, -0.25) is 0 Å². The molecule has 1 aromatic rings. The zero-order valence-corrected chi connectivity index (χ0v) is 7.36. The van der Waals surface area contributed by atoms with Gasteiger partial charge in [-0.2, -0.15) is 0 Å². The average Bonchev–Trinajstić information content (AvgIpc) is 2.48. The van der Waals surface area contributed by atoms with Gasteiger partial charge in [0.1, 0.15) is 0 Å². The van der Waals surface area contributed by atoms with Crippen LogP contribution in [0.1, 0.15) is 17.7 Å². The third-order valence-corrected chi connectivity index (χ3v) is 2.55. The molecule has 0 saturated carbocycles. The Bertz CT molecular complexity index is 336. The Morgan fingerprint density at radius 1 is 1.17 bits per heavy atom. The minimum Gasteiger partial charge on any atom is -0.397 e. The van der Waals surface area contributed by atoms with E-state index in [1.807, 2.05) is 0 Å². The number of aromatic nitrogens is 1. The Kier molecular flexibility index (Phi) is 1.61. The molecular formula is C8H10ClN3. The monoisotopic (exact) mass is 183 g/mol. The standard InChI is InChI=1S/C8H10ClN3/c9-8-7(11)6(10)4-2-1-3-5(4)12-8/h1-3,11H2,(H2,10,12). The van der Waals surface area contributed by atoms with Crippen molar-refractivity contribution in [1.82, 2.24) is 4.98 Å². The lowest BCUT2D eigenvalue weighted by molar-refractivity contribution is 0.900. The van der Waals surface area contributed by atoms with Gasteiger partial charge in [-0.15, -0.1) is 0 Å². The van der Waals surface area contributed by atoms with E-state index in [0.717, 1.165) is 30.5 Å². The number of halogens is 1. The molecule has 4 N–H and O–H groups in total. The first-order valence-corrected chi connectivity index (χ1v) is 4.30. The van der Waals surface area contributed by atoms with Crippen molar-refractivity contribution in [2.75, 3.05) is 11.5 Å². The first kappa shape index (κ1) is 7.68. The summed E-state index contributed by atoms with van der Waals surface area (Å²) >= 11 is 5.78. The van der Waals surface area contributed by atoms with Crippen LogP contribution in [0.5, 0.6) is 0 Å². The number of rotatable bonds is 0. The van der Waals surface area contributed by atoms with Gasteiger partial charge in [-0.25, -0.2) is 4.98 Å². The minimum absolute atomic E-state index is 0.341. The lowest BCUT2D eigenvalue weighted by Crippen LogP contribution is -2.03. The van der Waals surface area contributed by atoms with Gasteiger partial charge in [-0.1, -0.05) is 11.6 Å². The third kappa shape index (κ3) is 0.932. The van der Waals surface area contributed by atoms with Crippen LogP contribution >= 0.6 is 11.6 Å². The Hall–Kier alpha value is -0.960. The summed E-state index contributed by atoms with van der Waals surface area (Å²) in [6.07, 6.45) is 3.06. The fraction of sp³-hybridized carbons (Fsp3) is 0.375. The van der Waals surface area contributed by atoms with E-state index in [4.69, 9.17) is 23.1 Å². The molecule has 0 spiro atoms. The predicted octanol–water partition coefficient (Wildman–Crippen LogP) is 1.39. The van der Waals surface area contributed by atoms with Gasteiger partial charge in [0.15, 0.2) is 5.15 Å². The molecule has 4 heteroatoms. The summed E-state index contributed by atoms with van der Waals surface area (Å²) in [7, 11) is 0. The zero-order valence-electron chi connectivity index (χ0n) is 6.60. The highest BCUT2D eigenvalue weighted by molar-refractivity contribution is 6.32. The van der Waals surface area contributed by atoms with Crippen LogP contribution in [0, 0.1) is 0 Å². The highest BCUT2D eigenvalue weighted by Crippen LogP contribution is 2.33. The van der Waals surface area contributed by atoms with Crippen molar-refractivity contribution in [3.8, 4) is 0 Å². The van der Waals surface area contributed by atoms with E-state index in [1.54, 1.807) is 0 Å². The van der Waals surface area contributed by atoms with Crippen molar-refractivity contribution in [3.63, 3.8) is 0 Å². The summed E-state index contributed by atoms with van der Waals surface area (Å²) < 4.78 is 0. The molecule has 3 nitrogen and oxygen atoms in total. The van der Waals surface area contributed by atoms with Gasteiger partial charge in [-0.05, 0) is 24.8 Å². The first-order chi connectivity index (χ1) is 5.70. The molecule has 1 heterocycles. The van der Waals surface area contributed by atoms with Gasteiger partial charge >= 0.3 is 0 Å². The quantitative estimate of drug-likeness (QED) is 0.598. The van der Waals surface area contributed by atoms with Crippen molar-refractivity contribution in [1.29, 1.82) is 0 Å². The number of nitrogen functional groups attached to an aromatic ring is 2. The number of nitrogens with zero attached hydrogens (tertiary/aromatic N) is 1. The molecule has 0 fully saturated rings. The third-order valence-electron chi connectivity index (χ3n) is 2.26. The van der Waals surface area contributed by atoms with Crippen LogP contribution in [-0.2, 0) is 12.8 Å². The highest BCUT2D eigenvalue weighted by Gasteiger charge is 2.18. The van der Waals surface area contributed by atoms with E-state index in [1.165, 1.54) is 0 Å². The molecular weight excluding hydrogens is 174 g/mol. The summed E-state index contributed by atoms with van der Waals surface area (Å²) in [5.41, 5.74) is 14.6. The van der Waals surface area contributed by atoms with Gasteiger partial charge in [0.05, 0.1) is 11.4 Å². The van der Waals surface area contributed by atoms with Gasteiger partial charge < -0.3 is 11.5 Å². The maximum absolute atomic E-state index is 5.79. The van der Waals surface area contributed by atoms with E-state index in [-0.39, 0.29) is 0 Å². The Morgan fingerprint density at radius 2 is 1.92 bits per heavy atom. The second kappa shape index (κ2) is 2.52. The molecule has 0 radical (unpaired) electrons. The summed E-state index contributed by atoms with van der Waals surface area (Å²) in [4.78, 5) is 4.17. The first-order valence-electron chi connectivity index (χ1n) is 3.92. The normalized spacial score (nSPS) is 14.8. The van der Waals surface area contributed by atoms with E-state index in [0.29, 0.717) is 16.5 Å². The maximum atomic E-state index is 5.79. The van der Waals surface area contributed by atoms with Gasteiger partial charge in [0, 0.05) is 5.69 Å². The molecule has 2 rings (SSSR count). The Labute approximate surface area is 75.7 Å². The second-order valence-electron chi connectivity index (χ2n) is 3.01. The molecule has 0 unspecified atom stereocenters. The molecule has 1 aliphatic rings. The van der Waals surface area contributed by atoms with Crippen molar-refractivity contribution in [2.45, 2.75) is 19.3 Å². The topological polar surface area (TPSA) is 64.9 Å². The fourth-order valence-electron chi connectivity index (χ4n) is 1.59. The molecule has 1 aromatic heterocycles. The molecule has 0 saturated heterocycles. The number of nitrogens with two attached hydrogens (primary N) is 2. The van der Waals surface area contributed by atoms with Crippen molar-refractivity contribution in [3.05, 3.63) is 16.4 Å². The van der Waals surface area contributed by atoms with Gasteiger partial charge in [0.2, 0.25) is 0 Å². The number of anilines is 2. The molecule has 12 heavy (non-hydrogen) atoms. The predicted molar refractivity (Wildman–Crippen MR) is 50.1 cm³/mol. The number of fused-ring (bicyclic) bond motifs is 1. The number of hydrogen-bond donors (Lipinski definition) is 2. The van der Waals surface area contributed by atoms with Crippen LogP contribution in [0.3, 0.4) is 0 Å². The molecule has 1 aliphatic carbocycles. The van der Waals surface area contributed by atoms with Crippen LogP contribution in [-0.4, -0.2) is 4.98 Å². The Balaban J connectivity index is 2.67. The lowest BCUT2D eigenvalue weighted by atomic mass is 10.1. The molecule has 0 atom stereocenters. The molecule has 0 aliphatic heterocycles. The largest absolute Gasteiger partial charge is 0.397 e. The van der Waals surface area contributed by atoms with Crippen LogP contribution in [0.25, 0.3) is 0 Å². The minimum atomic E-state index is 0.341. The number of aryl methyl sites for hydroxylation is 1. The molecule has 64 valence electrons. The fourth-order valence-corrected chi connectivity index (χ4v) is 1.80. The van der Waals surface area contributed by atoms with Crippen LogP contribution in [0.4, 0.5) is 11.4 Å². The zero-order chi connectivity index (χ0) is 8.72. The van der Waals surface area contributed by atoms with Crippen molar-refractivity contribution >= 4 is 23.0 Å². The van der Waals surface area contributed by atoms with Gasteiger partial charge in [0.25, 0.3) is 0 Å². The van der Waals surface area contributed by atoms with E-state index >= 15 is 0 Å². The number of pyridine rings is 1. The SMILES string of the molecule is Nc1c(Cl)nc2c(c1N)CCC2. The van der Waals surface area contributed by atoms with Crippen molar-refractivity contribution in [2.24, 2.45) is 0 Å². The van der Waals surface area contributed by atoms with Crippen LogP contribution in [0.2, 0.25) is 5.15 Å².